The number of nitrogens with one attached hydrogen (secondary N) is 1. The van der Waals surface area contributed by atoms with Gasteiger partial charge < -0.3 is 24.0 Å². The highest BCUT2D eigenvalue weighted by molar-refractivity contribution is 7.65. The van der Waals surface area contributed by atoms with Crippen LogP contribution in [-0.2, 0) is 23.1 Å². The van der Waals surface area contributed by atoms with E-state index in [1.165, 1.54) is 0 Å². The molecule has 1 aliphatic heterocycles. The van der Waals surface area contributed by atoms with Crippen LogP contribution in [0.4, 0.5) is 0 Å². The van der Waals surface area contributed by atoms with E-state index in [9.17, 15) is 14.2 Å². The summed E-state index contributed by atoms with van der Waals surface area (Å²) in [6, 6.07) is 17.3. The van der Waals surface area contributed by atoms with Crippen LogP contribution in [0.3, 0.4) is 0 Å². The molecule has 8 nitrogen and oxygen atoms in total. The van der Waals surface area contributed by atoms with E-state index in [2.05, 4.69) is 5.32 Å². The van der Waals surface area contributed by atoms with Gasteiger partial charge in [0.2, 0.25) is 0 Å². The van der Waals surface area contributed by atoms with Gasteiger partial charge in [-0.2, -0.15) is 0 Å². The van der Waals surface area contributed by atoms with Crippen LogP contribution >= 0.6 is 7.60 Å². The Bertz CT molecular complexity index is 1010. The topological polar surface area (TPSA) is 94.2 Å². The average molecular weight is 472 g/mol. The standard InChI is InChI=1S/C24H29N2O6P/c1-3-31-33(29,32-4-2)22(19-11-7-5-8-12-19)21(24(28)26-15-17-30-18-16-26)25-23(27)20-13-9-6-10-14-20/h5-14H,3-4,15-18H2,1-2H3,(H,25,27). The number of morpholine rings is 1. The Hall–Kier alpha value is -2.77. The van der Waals surface area contributed by atoms with Gasteiger partial charge in [-0.15, -0.1) is 0 Å². The van der Waals surface area contributed by atoms with Gasteiger partial charge in [-0.3, -0.25) is 14.2 Å². The van der Waals surface area contributed by atoms with E-state index < -0.39 is 19.4 Å². The molecule has 2 aromatic carbocycles. The SMILES string of the molecule is CCOP(=O)(OCC)C(=C(NC(=O)c1ccccc1)C(=O)N1CCOCC1)c1ccccc1. The highest BCUT2D eigenvalue weighted by atomic mass is 31.2. The third-order valence-corrected chi connectivity index (χ3v) is 7.17. The second kappa shape index (κ2) is 11.9. The number of rotatable bonds is 9. The highest BCUT2D eigenvalue weighted by Crippen LogP contribution is 2.61. The van der Waals surface area contributed by atoms with Crippen LogP contribution in [0.15, 0.2) is 66.4 Å². The van der Waals surface area contributed by atoms with E-state index in [1.54, 1.807) is 79.4 Å². The maximum absolute atomic E-state index is 14.0. The van der Waals surface area contributed by atoms with Gasteiger partial charge in [0.15, 0.2) is 0 Å². The van der Waals surface area contributed by atoms with Crippen molar-refractivity contribution in [3.63, 3.8) is 0 Å². The summed E-state index contributed by atoms with van der Waals surface area (Å²) in [4.78, 5) is 28.4. The molecule has 0 aromatic heterocycles. The number of carbonyl (C=O) groups is 2. The fourth-order valence-electron chi connectivity index (χ4n) is 3.46. The third-order valence-electron chi connectivity index (χ3n) is 4.94. The van der Waals surface area contributed by atoms with Crippen LogP contribution in [0.5, 0.6) is 0 Å². The smallest absolute Gasteiger partial charge is 0.364 e. The molecule has 0 spiro atoms. The zero-order valence-corrected chi connectivity index (χ0v) is 19.8. The van der Waals surface area contributed by atoms with E-state index in [0.717, 1.165) is 0 Å². The monoisotopic (exact) mass is 472 g/mol. The molecule has 2 aromatic rings. The van der Waals surface area contributed by atoms with Crippen LogP contribution in [0.1, 0.15) is 29.8 Å². The summed E-state index contributed by atoms with van der Waals surface area (Å²) in [6.07, 6.45) is 0. The van der Waals surface area contributed by atoms with Crippen molar-refractivity contribution in [3.05, 3.63) is 77.5 Å². The number of benzene rings is 2. The minimum atomic E-state index is -3.97. The first-order valence-electron chi connectivity index (χ1n) is 10.9. The first-order valence-corrected chi connectivity index (χ1v) is 12.5. The maximum atomic E-state index is 14.0. The Balaban J connectivity index is 2.21. The van der Waals surface area contributed by atoms with Crippen molar-refractivity contribution in [1.29, 1.82) is 0 Å². The second-order valence-corrected chi connectivity index (χ2v) is 9.11. The third kappa shape index (κ3) is 6.18. The minimum Gasteiger partial charge on any atom is -0.378 e. The van der Waals surface area contributed by atoms with Crippen LogP contribution < -0.4 is 5.32 Å². The molecule has 33 heavy (non-hydrogen) atoms. The van der Waals surface area contributed by atoms with Gasteiger partial charge in [0.05, 0.1) is 26.4 Å². The van der Waals surface area contributed by atoms with Crippen LogP contribution in [-0.4, -0.2) is 56.2 Å². The number of ether oxygens (including phenoxy) is 1. The van der Waals surface area contributed by atoms with Crippen molar-refractivity contribution < 1.29 is 27.9 Å². The van der Waals surface area contributed by atoms with Gasteiger partial charge in [-0.05, 0) is 31.5 Å². The Kier molecular flexibility index (Phi) is 8.97. The lowest BCUT2D eigenvalue weighted by atomic mass is 10.1. The van der Waals surface area contributed by atoms with Crippen LogP contribution in [0.25, 0.3) is 5.31 Å². The predicted octanol–water partition coefficient (Wildman–Crippen LogP) is 3.91. The molecule has 1 heterocycles. The molecule has 0 unspecified atom stereocenters. The van der Waals surface area contributed by atoms with Gasteiger partial charge >= 0.3 is 7.60 Å². The highest BCUT2D eigenvalue weighted by Gasteiger charge is 2.38. The lowest BCUT2D eigenvalue weighted by Gasteiger charge is -2.30. The largest absolute Gasteiger partial charge is 0.378 e. The Morgan fingerprint density at radius 1 is 0.909 bits per heavy atom. The fourth-order valence-corrected chi connectivity index (χ4v) is 5.36. The van der Waals surface area contributed by atoms with Crippen molar-refractivity contribution in [3.8, 4) is 0 Å². The van der Waals surface area contributed by atoms with Crippen LogP contribution in [0.2, 0.25) is 0 Å². The number of nitrogens with zero attached hydrogens (tertiary/aromatic N) is 1. The van der Waals surface area contributed by atoms with Gasteiger partial charge in [0.25, 0.3) is 11.8 Å². The van der Waals surface area contributed by atoms with Crippen molar-refractivity contribution in [2.45, 2.75) is 13.8 Å². The summed E-state index contributed by atoms with van der Waals surface area (Å²) in [5.74, 6) is -0.971. The molecule has 0 bridgehead atoms. The number of amides is 2. The molecule has 0 atom stereocenters. The predicted molar refractivity (Wildman–Crippen MR) is 126 cm³/mol. The maximum Gasteiger partial charge on any atom is 0.364 e. The molecule has 1 aliphatic rings. The van der Waals surface area contributed by atoms with Gasteiger partial charge in [0, 0.05) is 18.7 Å². The van der Waals surface area contributed by atoms with Crippen LogP contribution in [0, 0.1) is 0 Å². The van der Waals surface area contributed by atoms with Crippen molar-refractivity contribution >= 4 is 24.7 Å². The van der Waals surface area contributed by atoms with Gasteiger partial charge in [0.1, 0.15) is 11.0 Å². The van der Waals surface area contributed by atoms with E-state index >= 15 is 0 Å². The summed E-state index contributed by atoms with van der Waals surface area (Å²) in [6.45, 7) is 5.03. The summed E-state index contributed by atoms with van der Waals surface area (Å²) in [5.41, 5.74) is 0.703. The molecular weight excluding hydrogens is 443 g/mol. The second-order valence-electron chi connectivity index (χ2n) is 7.15. The molecule has 0 aliphatic carbocycles. The first kappa shape index (κ1) is 24.9. The summed E-state index contributed by atoms with van der Waals surface area (Å²) < 4.78 is 30.6. The summed E-state index contributed by atoms with van der Waals surface area (Å²) in [5, 5.41) is 2.76. The quantitative estimate of drug-likeness (QED) is 0.439. The lowest BCUT2D eigenvalue weighted by Crippen LogP contribution is -2.45. The molecule has 3 rings (SSSR count). The Morgan fingerprint density at radius 2 is 1.42 bits per heavy atom. The minimum absolute atomic E-state index is 0.0348. The van der Waals surface area contributed by atoms with Gasteiger partial charge in [-0.25, -0.2) is 0 Å². The van der Waals surface area contributed by atoms with Crippen molar-refractivity contribution in [2.75, 3.05) is 39.5 Å². The van der Waals surface area contributed by atoms with E-state index in [4.69, 9.17) is 13.8 Å². The molecule has 2 amide bonds. The van der Waals surface area contributed by atoms with E-state index in [0.29, 0.717) is 37.4 Å². The van der Waals surface area contributed by atoms with E-state index in [1.807, 2.05) is 0 Å². The lowest BCUT2D eigenvalue weighted by molar-refractivity contribution is -0.131. The molecular formula is C24H29N2O6P. The summed E-state index contributed by atoms with van der Waals surface area (Å²) >= 11 is 0. The van der Waals surface area contributed by atoms with Crippen molar-refractivity contribution in [1.82, 2.24) is 10.2 Å². The molecule has 1 N–H and O–H groups in total. The normalized spacial score (nSPS) is 15.0. The average Bonchev–Trinajstić information content (AvgIpc) is 2.85. The Labute approximate surface area is 194 Å². The molecule has 0 radical (unpaired) electrons. The number of hydrogen-bond acceptors (Lipinski definition) is 6. The molecule has 1 fully saturated rings. The fraction of sp³-hybridized carbons (Fsp3) is 0.333. The molecule has 0 saturated carbocycles. The zero-order chi connectivity index (χ0) is 23.7. The van der Waals surface area contributed by atoms with Crippen molar-refractivity contribution in [2.24, 2.45) is 0 Å². The van der Waals surface area contributed by atoms with E-state index in [-0.39, 0.29) is 24.2 Å². The zero-order valence-electron chi connectivity index (χ0n) is 18.9. The molecule has 9 heteroatoms. The molecule has 1 saturated heterocycles. The Morgan fingerprint density at radius 3 is 1.94 bits per heavy atom. The number of carbonyl (C=O) groups excluding carboxylic acids is 2. The summed E-state index contributed by atoms with van der Waals surface area (Å²) in [7, 11) is -3.97. The first-order chi connectivity index (χ1) is 16.0. The van der Waals surface area contributed by atoms with Gasteiger partial charge in [-0.1, -0.05) is 48.5 Å². The molecule has 176 valence electrons. The number of hydrogen-bond donors (Lipinski definition) is 1.